The van der Waals surface area contributed by atoms with Gasteiger partial charge in [-0.15, -0.1) is 0 Å². The van der Waals surface area contributed by atoms with Crippen LogP contribution in [-0.2, 0) is 0 Å². The Morgan fingerprint density at radius 2 is 1.88 bits per heavy atom. The molecule has 1 atom stereocenters. The lowest BCUT2D eigenvalue weighted by molar-refractivity contribution is 0.634. The average molecular weight is 458 g/mol. The van der Waals surface area contributed by atoms with Crippen LogP contribution in [0.15, 0.2) is 59.4 Å². The number of pyridine rings is 1. The van der Waals surface area contributed by atoms with E-state index in [1.54, 1.807) is 10.6 Å². The van der Waals surface area contributed by atoms with Crippen molar-refractivity contribution in [3.05, 3.63) is 87.1 Å². The molecule has 0 unspecified atom stereocenters. The van der Waals surface area contributed by atoms with Gasteiger partial charge in [0.1, 0.15) is 11.6 Å². The van der Waals surface area contributed by atoms with Crippen LogP contribution in [0.2, 0.25) is 5.02 Å². The van der Waals surface area contributed by atoms with E-state index in [0.717, 1.165) is 29.6 Å². The fraction of sp³-hybridized carbons (Fsp3) is 0.167. The summed E-state index contributed by atoms with van der Waals surface area (Å²) in [7, 11) is 0. The Kier molecular flexibility index (Phi) is 5.11. The summed E-state index contributed by atoms with van der Waals surface area (Å²) in [5.41, 5.74) is 13.1. The van der Waals surface area contributed by atoms with Crippen LogP contribution in [0.5, 0.6) is 0 Å². The van der Waals surface area contributed by atoms with Crippen molar-refractivity contribution in [1.29, 1.82) is 0 Å². The molecule has 0 radical (unpaired) electrons. The molecule has 1 saturated carbocycles. The molecule has 0 bridgehead atoms. The molecule has 33 heavy (non-hydrogen) atoms. The number of para-hydroxylation sites is 1. The monoisotopic (exact) mass is 457 g/mol. The molecule has 5 N–H and O–H groups in total. The van der Waals surface area contributed by atoms with E-state index in [1.807, 2.05) is 48.5 Å². The summed E-state index contributed by atoms with van der Waals surface area (Å²) < 4.78 is 1.68. The topological polar surface area (TPSA) is 116 Å². The Balaban J connectivity index is 1.76. The first kappa shape index (κ1) is 20.8. The average Bonchev–Trinajstić information content (AvgIpc) is 3.63. The van der Waals surface area contributed by atoms with Gasteiger partial charge in [-0.05, 0) is 48.4 Å². The van der Waals surface area contributed by atoms with Crippen LogP contribution in [0.25, 0.3) is 21.3 Å². The maximum absolute atomic E-state index is 13.7. The Bertz CT molecular complexity index is 1470. The third-order valence-corrected chi connectivity index (χ3v) is 6.10. The van der Waals surface area contributed by atoms with Gasteiger partial charge in [-0.3, -0.25) is 9.36 Å². The molecule has 1 aliphatic carbocycles. The highest BCUT2D eigenvalue weighted by Gasteiger charge is 2.36. The number of anilines is 3. The van der Waals surface area contributed by atoms with E-state index in [4.69, 9.17) is 29.6 Å². The largest absolute Gasteiger partial charge is 0.392 e. The Morgan fingerprint density at radius 1 is 1.12 bits per heavy atom. The zero-order chi connectivity index (χ0) is 23.1. The first-order chi connectivity index (χ1) is 16.0. The molecule has 8 nitrogen and oxygen atoms in total. The second kappa shape index (κ2) is 8.11. The summed E-state index contributed by atoms with van der Waals surface area (Å²) in [6.45, 7) is 7.52. The van der Waals surface area contributed by atoms with Crippen molar-refractivity contribution < 1.29 is 0 Å². The van der Waals surface area contributed by atoms with Gasteiger partial charge < -0.3 is 16.8 Å². The third kappa shape index (κ3) is 3.73. The van der Waals surface area contributed by atoms with Crippen molar-refractivity contribution in [1.82, 2.24) is 14.5 Å². The molecule has 0 saturated heterocycles. The summed E-state index contributed by atoms with van der Waals surface area (Å²) in [6.07, 6.45) is 1.94. The van der Waals surface area contributed by atoms with Gasteiger partial charge in [-0.2, -0.15) is 0 Å². The van der Waals surface area contributed by atoms with Gasteiger partial charge in [-0.25, -0.2) is 14.8 Å². The maximum atomic E-state index is 13.7. The van der Waals surface area contributed by atoms with Crippen molar-refractivity contribution >= 4 is 45.6 Å². The quantitative estimate of drug-likeness (QED) is 0.373. The third-order valence-electron chi connectivity index (χ3n) is 5.78. The molecule has 9 heteroatoms. The first-order valence-electron chi connectivity index (χ1n) is 10.4. The van der Waals surface area contributed by atoms with E-state index in [1.165, 1.54) is 0 Å². The molecule has 2 heterocycles. The molecule has 0 amide bonds. The molecule has 2 aromatic carbocycles. The number of nitrogen functional groups attached to an aromatic ring is 2. The van der Waals surface area contributed by atoms with Gasteiger partial charge in [0.2, 0.25) is 5.95 Å². The van der Waals surface area contributed by atoms with E-state index in [9.17, 15) is 4.79 Å². The van der Waals surface area contributed by atoms with Crippen LogP contribution in [0.1, 0.15) is 24.6 Å². The highest BCUT2D eigenvalue weighted by atomic mass is 35.5. The number of nitrogens with one attached hydrogen (secondary N) is 1. The minimum absolute atomic E-state index is 0.0142. The van der Waals surface area contributed by atoms with Gasteiger partial charge in [-0.1, -0.05) is 41.9 Å². The number of hydrogen-bond acceptors (Lipinski definition) is 6. The molecular weight excluding hydrogens is 438 g/mol. The van der Waals surface area contributed by atoms with E-state index in [2.05, 4.69) is 20.1 Å². The van der Waals surface area contributed by atoms with Gasteiger partial charge in [0, 0.05) is 11.4 Å². The van der Waals surface area contributed by atoms with E-state index in [0.29, 0.717) is 10.4 Å². The zero-order valence-electron chi connectivity index (χ0n) is 17.5. The van der Waals surface area contributed by atoms with Crippen LogP contribution >= 0.6 is 11.6 Å². The highest BCUT2D eigenvalue weighted by molar-refractivity contribution is 6.35. The van der Waals surface area contributed by atoms with Crippen molar-refractivity contribution in [2.45, 2.75) is 18.9 Å². The molecular formula is C24H20ClN7O. The Morgan fingerprint density at radius 3 is 2.58 bits per heavy atom. The SMILES string of the molecule is [C-]#[N+]c1c(N)nc(N)nc1N[C@H](c1cc2cccc(Cl)c2c(=O)n1-c1ccccc1)C1CC1. The molecule has 5 rings (SSSR count). The van der Waals surface area contributed by atoms with Crippen LogP contribution < -0.4 is 22.3 Å². The second-order valence-electron chi connectivity index (χ2n) is 7.98. The van der Waals surface area contributed by atoms with Crippen LogP contribution in [0.4, 0.5) is 23.3 Å². The summed E-state index contributed by atoms with van der Waals surface area (Å²) in [4.78, 5) is 25.4. The summed E-state index contributed by atoms with van der Waals surface area (Å²) >= 11 is 6.43. The van der Waals surface area contributed by atoms with E-state index in [-0.39, 0.29) is 40.8 Å². The first-order valence-corrected chi connectivity index (χ1v) is 10.8. The van der Waals surface area contributed by atoms with E-state index < -0.39 is 0 Å². The predicted molar refractivity (Wildman–Crippen MR) is 131 cm³/mol. The van der Waals surface area contributed by atoms with Crippen molar-refractivity contribution in [3.63, 3.8) is 0 Å². The molecule has 0 spiro atoms. The number of fused-ring (bicyclic) bond motifs is 1. The maximum Gasteiger partial charge on any atom is 0.268 e. The highest BCUT2D eigenvalue weighted by Crippen LogP contribution is 2.45. The predicted octanol–water partition coefficient (Wildman–Crippen LogP) is 4.71. The summed E-state index contributed by atoms with van der Waals surface area (Å²) in [5, 5.41) is 4.96. The van der Waals surface area contributed by atoms with Gasteiger partial charge >= 0.3 is 0 Å². The number of hydrogen-bond donors (Lipinski definition) is 3. The van der Waals surface area contributed by atoms with Crippen molar-refractivity contribution in [3.8, 4) is 5.69 Å². The smallest absolute Gasteiger partial charge is 0.268 e. The molecule has 0 aliphatic heterocycles. The minimum atomic E-state index is -0.310. The van der Waals surface area contributed by atoms with Gasteiger partial charge in [0.05, 0.1) is 23.0 Å². The van der Waals surface area contributed by atoms with Crippen LogP contribution in [-0.4, -0.2) is 14.5 Å². The lowest BCUT2D eigenvalue weighted by Crippen LogP contribution is -2.28. The molecule has 1 aliphatic rings. The van der Waals surface area contributed by atoms with E-state index >= 15 is 0 Å². The molecule has 1 fully saturated rings. The Labute approximate surface area is 194 Å². The molecule has 164 valence electrons. The van der Waals surface area contributed by atoms with Crippen LogP contribution in [0, 0.1) is 12.5 Å². The minimum Gasteiger partial charge on any atom is -0.392 e. The lowest BCUT2D eigenvalue weighted by Gasteiger charge is -2.25. The number of rotatable bonds is 5. The number of halogens is 1. The number of aromatic nitrogens is 3. The van der Waals surface area contributed by atoms with Crippen LogP contribution in [0.3, 0.4) is 0 Å². The van der Waals surface area contributed by atoms with Gasteiger partial charge in [0.25, 0.3) is 11.2 Å². The van der Waals surface area contributed by atoms with Crippen molar-refractivity contribution in [2.24, 2.45) is 5.92 Å². The summed E-state index contributed by atoms with van der Waals surface area (Å²) in [6, 6.07) is 16.5. The molecule has 4 aromatic rings. The zero-order valence-corrected chi connectivity index (χ0v) is 18.3. The lowest BCUT2D eigenvalue weighted by atomic mass is 10.0. The fourth-order valence-electron chi connectivity index (χ4n) is 4.12. The van der Waals surface area contributed by atoms with Gasteiger partial charge in [0.15, 0.2) is 0 Å². The Hall–Kier alpha value is -4.09. The van der Waals surface area contributed by atoms with Crippen molar-refractivity contribution in [2.75, 3.05) is 16.8 Å². The summed E-state index contributed by atoms with van der Waals surface area (Å²) in [5.74, 6) is 0.486. The number of nitrogens with zero attached hydrogens (tertiary/aromatic N) is 4. The molecule has 2 aromatic heterocycles. The normalized spacial score (nSPS) is 14.1. The fourth-order valence-corrected chi connectivity index (χ4v) is 4.39. The standard InChI is InChI=1S/C24H20ClN7O/c1-28-20-21(26)30-24(27)31-22(20)29-19(13-10-11-13)17-12-14-6-5-9-16(25)18(14)23(33)32(17)15-7-3-2-4-8-15/h2-9,12-13,19H,10-11H2,(H5,26,27,29,30,31)/t19-/m0/s1. The number of nitrogens with two attached hydrogens (primary N) is 2. The second-order valence-corrected chi connectivity index (χ2v) is 8.39. The number of benzene rings is 2.